The molecule has 4 nitrogen and oxygen atoms in total. The normalized spacial score (nSPS) is 10.8. The van der Waals surface area contributed by atoms with Crippen LogP contribution in [-0.2, 0) is 0 Å². The number of hydrazone groups is 1. The highest BCUT2D eigenvalue weighted by Gasteiger charge is 2.04. The summed E-state index contributed by atoms with van der Waals surface area (Å²) in [5.74, 6) is 0. The van der Waals surface area contributed by atoms with Gasteiger partial charge in [-0.2, -0.15) is 5.10 Å². The highest BCUT2D eigenvalue weighted by molar-refractivity contribution is 9.10. The summed E-state index contributed by atoms with van der Waals surface area (Å²) in [6.07, 6.45) is 2.77. The van der Waals surface area contributed by atoms with Gasteiger partial charge in [-0.1, -0.05) is 39.1 Å². The average molecular weight is 346 g/mol. The fourth-order valence-electron chi connectivity index (χ4n) is 1.16. The van der Waals surface area contributed by atoms with Gasteiger partial charge >= 0.3 is 0 Å². The molecule has 2 rings (SSSR count). The van der Waals surface area contributed by atoms with E-state index in [4.69, 9.17) is 23.2 Å². The molecule has 0 saturated carbocycles. The number of anilines is 1. The van der Waals surface area contributed by atoms with Crippen molar-refractivity contribution in [1.82, 2.24) is 9.97 Å². The molecule has 0 atom stereocenters. The maximum Gasteiger partial charge on any atom is 0.142 e. The average Bonchev–Trinajstić information content (AvgIpc) is 2.35. The summed E-state index contributed by atoms with van der Waals surface area (Å²) in [7, 11) is 0. The van der Waals surface area contributed by atoms with Crippen LogP contribution in [0, 0.1) is 0 Å². The fraction of sp³-hybridized carbons (Fsp3) is 0. The summed E-state index contributed by atoms with van der Waals surface area (Å²) in [5.41, 5.74) is 4.17. The second-order valence-corrected chi connectivity index (χ2v) is 4.88. The second kappa shape index (κ2) is 6.13. The van der Waals surface area contributed by atoms with E-state index in [9.17, 15) is 0 Å². The number of nitrogens with zero attached hydrogens (tertiary/aromatic N) is 3. The number of hydrogen-bond acceptors (Lipinski definition) is 4. The van der Waals surface area contributed by atoms with Crippen molar-refractivity contribution in [2.24, 2.45) is 5.10 Å². The lowest BCUT2D eigenvalue weighted by molar-refractivity contribution is 1.16. The molecule has 1 aromatic carbocycles. The summed E-state index contributed by atoms with van der Waals surface area (Å²) < 4.78 is 1.000. The van der Waals surface area contributed by atoms with Crippen molar-refractivity contribution < 1.29 is 0 Å². The Kier molecular flexibility index (Phi) is 4.52. The zero-order valence-electron chi connectivity index (χ0n) is 8.94. The number of aromatic nitrogens is 2. The standard InChI is InChI=1S/C11H7BrCl2N4/c12-7-1-3-8(4-2-7)18-17-5-9-10(13)15-6-16-11(9)14/h1-6,18H/b17-5-. The second-order valence-electron chi connectivity index (χ2n) is 3.25. The topological polar surface area (TPSA) is 50.2 Å². The third kappa shape index (κ3) is 3.41. The third-order valence-corrected chi connectivity index (χ3v) is 3.15. The van der Waals surface area contributed by atoms with Gasteiger partial charge in [-0.25, -0.2) is 9.97 Å². The maximum atomic E-state index is 5.87. The van der Waals surface area contributed by atoms with Crippen molar-refractivity contribution >= 4 is 51.0 Å². The van der Waals surface area contributed by atoms with Gasteiger partial charge in [-0.15, -0.1) is 0 Å². The van der Waals surface area contributed by atoms with E-state index in [-0.39, 0.29) is 10.3 Å². The van der Waals surface area contributed by atoms with E-state index in [2.05, 4.69) is 36.4 Å². The van der Waals surface area contributed by atoms with Gasteiger partial charge in [-0.05, 0) is 24.3 Å². The first kappa shape index (κ1) is 13.3. The van der Waals surface area contributed by atoms with Crippen LogP contribution in [0.1, 0.15) is 5.56 Å². The first-order chi connectivity index (χ1) is 8.66. The highest BCUT2D eigenvalue weighted by Crippen LogP contribution is 2.18. The van der Waals surface area contributed by atoms with Crippen LogP contribution in [0.5, 0.6) is 0 Å². The van der Waals surface area contributed by atoms with Crippen LogP contribution >= 0.6 is 39.1 Å². The van der Waals surface area contributed by atoms with E-state index in [0.717, 1.165) is 10.2 Å². The van der Waals surface area contributed by atoms with Gasteiger partial charge in [-0.3, -0.25) is 5.43 Å². The molecule has 18 heavy (non-hydrogen) atoms. The molecule has 0 spiro atoms. The van der Waals surface area contributed by atoms with Gasteiger partial charge < -0.3 is 0 Å². The van der Waals surface area contributed by atoms with Crippen LogP contribution < -0.4 is 5.43 Å². The van der Waals surface area contributed by atoms with Crippen molar-refractivity contribution in [3.8, 4) is 0 Å². The first-order valence-corrected chi connectivity index (χ1v) is 6.42. The fourth-order valence-corrected chi connectivity index (χ4v) is 1.83. The summed E-state index contributed by atoms with van der Waals surface area (Å²) >= 11 is 15.1. The molecule has 7 heteroatoms. The molecule has 0 unspecified atom stereocenters. The lowest BCUT2D eigenvalue weighted by Gasteiger charge is -2.01. The van der Waals surface area contributed by atoms with Gasteiger partial charge in [0.1, 0.15) is 16.6 Å². The Bertz CT molecular complexity index is 552. The summed E-state index contributed by atoms with van der Waals surface area (Å²) in [6, 6.07) is 7.57. The molecule has 0 bridgehead atoms. The molecule has 1 aromatic heterocycles. The quantitative estimate of drug-likeness (QED) is 0.519. The van der Waals surface area contributed by atoms with Crippen molar-refractivity contribution in [1.29, 1.82) is 0 Å². The number of nitrogens with one attached hydrogen (secondary N) is 1. The van der Waals surface area contributed by atoms with Crippen LogP contribution in [0.2, 0.25) is 10.3 Å². The highest BCUT2D eigenvalue weighted by atomic mass is 79.9. The molecule has 0 aliphatic rings. The molecule has 92 valence electrons. The van der Waals surface area contributed by atoms with E-state index in [1.165, 1.54) is 12.5 Å². The predicted octanol–water partition coefficient (Wildman–Crippen LogP) is 3.99. The minimum atomic E-state index is 0.261. The Hall–Kier alpha value is -1.17. The van der Waals surface area contributed by atoms with Crippen LogP contribution in [0.25, 0.3) is 0 Å². The molecule has 1 heterocycles. The molecule has 0 radical (unpaired) electrons. The van der Waals surface area contributed by atoms with E-state index in [1.807, 2.05) is 24.3 Å². The minimum absolute atomic E-state index is 0.261. The number of hydrogen-bond donors (Lipinski definition) is 1. The third-order valence-electron chi connectivity index (χ3n) is 2.02. The predicted molar refractivity (Wildman–Crippen MR) is 77.4 cm³/mol. The number of halogens is 3. The van der Waals surface area contributed by atoms with Gasteiger partial charge in [0.05, 0.1) is 17.5 Å². The van der Waals surface area contributed by atoms with Crippen LogP contribution in [-0.4, -0.2) is 16.2 Å². The van der Waals surface area contributed by atoms with Crippen LogP contribution in [0.15, 0.2) is 40.2 Å². The van der Waals surface area contributed by atoms with Gasteiger partial charge in [0, 0.05) is 4.47 Å². The Balaban J connectivity index is 2.10. The van der Waals surface area contributed by atoms with E-state index in [1.54, 1.807) is 0 Å². The summed E-state index contributed by atoms with van der Waals surface area (Å²) in [4.78, 5) is 7.64. The smallest absolute Gasteiger partial charge is 0.142 e. The number of rotatable bonds is 3. The Morgan fingerprint density at radius 1 is 1.11 bits per heavy atom. The molecule has 0 fully saturated rings. The Morgan fingerprint density at radius 2 is 1.72 bits per heavy atom. The maximum absolute atomic E-state index is 5.87. The molecule has 2 aromatic rings. The molecule has 0 aliphatic carbocycles. The number of benzene rings is 1. The summed E-state index contributed by atoms with van der Waals surface area (Å²) in [5, 5.41) is 4.55. The van der Waals surface area contributed by atoms with Crippen LogP contribution in [0.4, 0.5) is 5.69 Å². The SMILES string of the molecule is Clc1ncnc(Cl)c1/C=N\Nc1ccc(Br)cc1. The van der Waals surface area contributed by atoms with Crippen molar-refractivity contribution in [3.63, 3.8) is 0 Å². The largest absolute Gasteiger partial charge is 0.279 e. The molecular formula is C11H7BrCl2N4. The van der Waals surface area contributed by atoms with Crippen molar-refractivity contribution in [3.05, 3.63) is 50.9 Å². The van der Waals surface area contributed by atoms with Gasteiger partial charge in [0.25, 0.3) is 0 Å². The monoisotopic (exact) mass is 344 g/mol. The molecular weight excluding hydrogens is 339 g/mol. The first-order valence-electron chi connectivity index (χ1n) is 4.87. The molecule has 0 saturated heterocycles. The van der Waals surface area contributed by atoms with Crippen molar-refractivity contribution in [2.45, 2.75) is 0 Å². The lowest BCUT2D eigenvalue weighted by atomic mass is 10.3. The van der Waals surface area contributed by atoms with E-state index < -0.39 is 0 Å². The van der Waals surface area contributed by atoms with E-state index in [0.29, 0.717) is 5.56 Å². The van der Waals surface area contributed by atoms with Gasteiger partial charge in [0.15, 0.2) is 0 Å². The molecule has 1 N–H and O–H groups in total. The van der Waals surface area contributed by atoms with Crippen LogP contribution in [0.3, 0.4) is 0 Å². The molecule has 0 aliphatic heterocycles. The van der Waals surface area contributed by atoms with Gasteiger partial charge in [0.2, 0.25) is 0 Å². The zero-order valence-corrected chi connectivity index (χ0v) is 12.0. The Morgan fingerprint density at radius 3 is 2.33 bits per heavy atom. The minimum Gasteiger partial charge on any atom is -0.279 e. The lowest BCUT2D eigenvalue weighted by Crippen LogP contribution is -1.95. The molecule has 0 amide bonds. The van der Waals surface area contributed by atoms with E-state index >= 15 is 0 Å². The Labute approximate surface area is 122 Å². The zero-order chi connectivity index (χ0) is 13.0. The summed E-state index contributed by atoms with van der Waals surface area (Å²) in [6.45, 7) is 0. The van der Waals surface area contributed by atoms with Crippen molar-refractivity contribution in [2.75, 3.05) is 5.43 Å².